The van der Waals surface area contributed by atoms with Gasteiger partial charge in [0, 0.05) is 30.9 Å². The van der Waals surface area contributed by atoms with E-state index in [1.54, 1.807) is 24.0 Å². The Morgan fingerprint density at radius 1 is 1.15 bits per heavy atom. The number of aryl methyl sites for hydroxylation is 1. The van der Waals surface area contributed by atoms with Crippen LogP contribution in [0.25, 0.3) is 0 Å². The molecule has 1 aromatic carbocycles. The third-order valence-electron chi connectivity index (χ3n) is 4.33. The Morgan fingerprint density at radius 2 is 1.81 bits per heavy atom. The van der Waals surface area contributed by atoms with Gasteiger partial charge in [-0.25, -0.2) is 4.79 Å². The van der Waals surface area contributed by atoms with Crippen LogP contribution in [-0.4, -0.2) is 42.1 Å². The molecule has 0 radical (unpaired) electrons. The molecule has 0 aliphatic carbocycles. The lowest BCUT2D eigenvalue weighted by Crippen LogP contribution is -2.33. The number of carbonyl (C=O) groups excluding carboxylic acids is 2. The number of aromatic nitrogens is 1. The average Bonchev–Trinajstić information content (AvgIpc) is 2.91. The predicted octanol–water partition coefficient (Wildman–Crippen LogP) is 3.64. The smallest absolute Gasteiger partial charge is 0.355 e. The SMILES string of the molecule is CCOC(=O)c1[nH]c(C)c(CN(Cc2ccc(Cl)cc2)C(=O)COC)c1C. The van der Waals surface area contributed by atoms with E-state index in [-0.39, 0.29) is 12.5 Å². The number of hydrogen-bond acceptors (Lipinski definition) is 4. The number of nitrogens with zero attached hydrogens (tertiary/aromatic N) is 1. The summed E-state index contributed by atoms with van der Waals surface area (Å²) in [6.07, 6.45) is 0. The van der Waals surface area contributed by atoms with Gasteiger partial charge in [0.25, 0.3) is 0 Å². The van der Waals surface area contributed by atoms with Gasteiger partial charge in [-0.3, -0.25) is 4.79 Å². The fourth-order valence-corrected chi connectivity index (χ4v) is 3.01. The number of hydrogen-bond donors (Lipinski definition) is 1. The van der Waals surface area contributed by atoms with Crippen LogP contribution in [0.3, 0.4) is 0 Å². The van der Waals surface area contributed by atoms with Crippen LogP contribution in [0.1, 0.15) is 39.8 Å². The first-order chi connectivity index (χ1) is 12.9. The van der Waals surface area contributed by atoms with Crippen LogP contribution in [0.15, 0.2) is 24.3 Å². The van der Waals surface area contributed by atoms with Crippen molar-refractivity contribution in [2.45, 2.75) is 33.9 Å². The van der Waals surface area contributed by atoms with E-state index >= 15 is 0 Å². The molecule has 27 heavy (non-hydrogen) atoms. The topological polar surface area (TPSA) is 71.6 Å². The summed E-state index contributed by atoms with van der Waals surface area (Å²) in [5.41, 5.74) is 3.91. The molecular formula is C20H25ClN2O4. The number of rotatable bonds is 8. The summed E-state index contributed by atoms with van der Waals surface area (Å²) in [5, 5.41) is 0.643. The van der Waals surface area contributed by atoms with Gasteiger partial charge in [-0.1, -0.05) is 23.7 Å². The normalized spacial score (nSPS) is 10.7. The highest BCUT2D eigenvalue weighted by Gasteiger charge is 2.22. The molecule has 0 saturated heterocycles. The number of methoxy groups -OCH3 is 1. The molecule has 0 aliphatic rings. The van der Waals surface area contributed by atoms with Crippen LogP contribution in [0, 0.1) is 13.8 Å². The van der Waals surface area contributed by atoms with Crippen LogP contribution >= 0.6 is 11.6 Å². The fourth-order valence-electron chi connectivity index (χ4n) is 2.88. The monoisotopic (exact) mass is 392 g/mol. The number of esters is 1. The van der Waals surface area contributed by atoms with Crippen molar-refractivity contribution in [3.63, 3.8) is 0 Å². The van der Waals surface area contributed by atoms with E-state index < -0.39 is 5.97 Å². The molecule has 0 spiro atoms. The van der Waals surface area contributed by atoms with Gasteiger partial charge in [-0.15, -0.1) is 0 Å². The third kappa shape index (κ3) is 5.34. The molecule has 7 heteroatoms. The lowest BCUT2D eigenvalue weighted by Gasteiger charge is -2.23. The van der Waals surface area contributed by atoms with Crippen molar-refractivity contribution in [3.05, 3.63) is 57.4 Å². The lowest BCUT2D eigenvalue weighted by molar-refractivity contribution is -0.136. The number of nitrogens with one attached hydrogen (secondary N) is 1. The molecule has 2 rings (SSSR count). The van der Waals surface area contributed by atoms with Crippen molar-refractivity contribution < 1.29 is 19.1 Å². The van der Waals surface area contributed by atoms with E-state index in [1.165, 1.54) is 7.11 Å². The van der Waals surface area contributed by atoms with Gasteiger partial charge in [0.15, 0.2) is 0 Å². The number of benzene rings is 1. The minimum Gasteiger partial charge on any atom is -0.461 e. The Hall–Kier alpha value is -2.31. The Morgan fingerprint density at radius 3 is 2.41 bits per heavy atom. The number of H-pyrrole nitrogens is 1. The maximum atomic E-state index is 12.6. The third-order valence-corrected chi connectivity index (χ3v) is 4.58. The van der Waals surface area contributed by atoms with Gasteiger partial charge in [-0.05, 0) is 49.6 Å². The highest BCUT2D eigenvalue weighted by Crippen LogP contribution is 2.22. The zero-order chi connectivity index (χ0) is 20.0. The molecule has 1 aromatic heterocycles. The van der Waals surface area contributed by atoms with Crippen LogP contribution in [0.2, 0.25) is 5.02 Å². The Labute approximate surface area is 164 Å². The summed E-state index contributed by atoms with van der Waals surface area (Å²) in [6.45, 7) is 6.57. The summed E-state index contributed by atoms with van der Waals surface area (Å²) in [6, 6.07) is 7.36. The molecule has 6 nitrogen and oxygen atoms in total. The Bertz CT molecular complexity index is 799. The first kappa shape index (κ1) is 21.0. The first-order valence-electron chi connectivity index (χ1n) is 8.73. The van der Waals surface area contributed by atoms with Gasteiger partial charge in [0.2, 0.25) is 5.91 Å². The van der Waals surface area contributed by atoms with E-state index in [4.69, 9.17) is 21.1 Å². The number of amides is 1. The molecule has 0 unspecified atom stereocenters. The van der Waals surface area contributed by atoms with Gasteiger partial charge in [0.05, 0.1) is 6.61 Å². The van der Waals surface area contributed by atoms with E-state index in [9.17, 15) is 9.59 Å². The zero-order valence-corrected chi connectivity index (χ0v) is 16.9. The van der Waals surface area contributed by atoms with Crippen molar-refractivity contribution >= 4 is 23.5 Å². The predicted molar refractivity (Wildman–Crippen MR) is 104 cm³/mol. The largest absolute Gasteiger partial charge is 0.461 e. The second kappa shape index (κ2) is 9.58. The molecule has 1 amide bonds. The van der Waals surface area contributed by atoms with Crippen molar-refractivity contribution in [3.8, 4) is 0 Å². The van der Waals surface area contributed by atoms with Crippen molar-refractivity contribution in [2.75, 3.05) is 20.3 Å². The molecule has 1 N–H and O–H groups in total. The van der Waals surface area contributed by atoms with E-state index in [1.807, 2.05) is 26.0 Å². The molecule has 0 aliphatic heterocycles. The summed E-state index contributed by atoms with van der Waals surface area (Å²) >= 11 is 5.94. The van der Waals surface area contributed by atoms with Crippen molar-refractivity contribution in [1.82, 2.24) is 9.88 Å². The number of ether oxygens (including phenoxy) is 2. The number of aromatic amines is 1. The molecule has 146 valence electrons. The van der Waals surface area contributed by atoms with Crippen molar-refractivity contribution in [2.24, 2.45) is 0 Å². The van der Waals surface area contributed by atoms with Gasteiger partial charge < -0.3 is 19.4 Å². The molecule has 2 aromatic rings. The summed E-state index contributed by atoms with van der Waals surface area (Å²) in [7, 11) is 1.49. The number of carbonyl (C=O) groups is 2. The van der Waals surface area contributed by atoms with Crippen LogP contribution < -0.4 is 0 Å². The average molecular weight is 393 g/mol. The van der Waals surface area contributed by atoms with Crippen molar-refractivity contribution in [1.29, 1.82) is 0 Å². The Balaban J connectivity index is 2.28. The molecular weight excluding hydrogens is 368 g/mol. The highest BCUT2D eigenvalue weighted by molar-refractivity contribution is 6.30. The molecule has 1 heterocycles. The van der Waals surface area contributed by atoms with E-state index in [2.05, 4.69) is 4.98 Å². The maximum absolute atomic E-state index is 12.6. The quantitative estimate of drug-likeness (QED) is 0.696. The van der Waals surface area contributed by atoms with Gasteiger partial charge >= 0.3 is 5.97 Å². The summed E-state index contributed by atoms with van der Waals surface area (Å²) < 4.78 is 10.1. The standard InChI is InChI=1S/C20H25ClN2O4/c1-5-27-20(25)19-13(2)17(14(3)22-19)11-23(18(24)12-26-4)10-15-6-8-16(21)9-7-15/h6-9,22H,5,10-12H2,1-4H3. The fraction of sp³-hybridized carbons (Fsp3) is 0.400. The highest BCUT2D eigenvalue weighted by atomic mass is 35.5. The van der Waals surface area contributed by atoms with Gasteiger partial charge in [-0.2, -0.15) is 0 Å². The van der Waals surface area contributed by atoms with Crippen LogP contribution in [0.4, 0.5) is 0 Å². The first-order valence-corrected chi connectivity index (χ1v) is 9.11. The van der Waals surface area contributed by atoms with E-state index in [0.717, 1.165) is 22.4 Å². The van der Waals surface area contributed by atoms with E-state index in [0.29, 0.717) is 30.4 Å². The molecule has 0 atom stereocenters. The second-order valence-electron chi connectivity index (χ2n) is 6.26. The molecule has 0 fully saturated rings. The molecule has 0 saturated carbocycles. The van der Waals surface area contributed by atoms with Crippen LogP contribution in [0.5, 0.6) is 0 Å². The zero-order valence-electron chi connectivity index (χ0n) is 16.1. The summed E-state index contributed by atoms with van der Waals surface area (Å²) in [4.78, 5) is 29.5. The second-order valence-corrected chi connectivity index (χ2v) is 6.69. The summed E-state index contributed by atoms with van der Waals surface area (Å²) in [5.74, 6) is -0.526. The maximum Gasteiger partial charge on any atom is 0.355 e. The Kier molecular flexibility index (Phi) is 7.45. The minimum absolute atomic E-state index is 0.0131. The molecule has 0 bridgehead atoms. The minimum atomic E-state index is -0.392. The van der Waals surface area contributed by atoms with Gasteiger partial charge in [0.1, 0.15) is 12.3 Å². The lowest BCUT2D eigenvalue weighted by atomic mass is 10.1. The van der Waals surface area contributed by atoms with Crippen LogP contribution in [-0.2, 0) is 27.4 Å². The number of halogens is 1.